The Morgan fingerprint density at radius 3 is 2.36 bits per heavy atom. The van der Waals surface area contributed by atoms with Crippen LogP contribution in [-0.4, -0.2) is 18.3 Å². The molecule has 0 heterocycles. The van der Waals surface area contributed by atoms with E-state index in [1.165, 1.54) is 0 Å². The highest BCUT2D eigenvalue weighted by atomic mass is 35.5. The number of rotatable bonds is 8. The maximum absolute atomic E-state index is 12.7. The van der Waals surface area contributed by atoms with Crippen LogP contribution >= 0.6 is 11.6 Å². The molecule has 0 bridgehead atoms. The smallest absolute Gasteiger partial charge is 0.170 e. The molecule has 2 rings (SSSR count). The Bertz CT molecular complexity index is 578. The first kappa shape index (κ1) is 16.6. The summed E-state index contributed by atoms with van der Waals surface area (Å²) < 4.78 is 5.56. The fraction of sp³-hybridized carbons (Fsp3) is 0.316. The third-order valence-corrected chi connectivity index (χ3v) is 3.88. The van der Waals surface area contributed by atoms with Crippen molar-refractivity contribution >= 4 is 17.4 Å². The Hall–Kier alpha value is -1.80. The fourth-order valence-corrected chi connectivity index (χ4v) is 2.53. The second-order valence-corrected chi connectivity index (χ2v) is 5.53. The van der Waals surface area contributed by atoms with Crippen LogP contribution in [0.1, 0.15) is 41.6 Å². The van der Waals surface area contributed by atoms with E-state index in [2.05, 4.69) is 0 Å². The second-order valence-electron chi connectivity index (χ2n) is 5.15. The van der Waals surface area contributed by atoms with Gasteiger partial charge in [0.1, 0.15) is 5.75 Å². The maximum Gasteiger partial charge on any atom is 0.170 e. The molecule has 1 atom stereocenters. The monoisotopic (exact) mass is 316 g/mol. The Kier molecular flexibility index (Phi) is 6.47. The van der Waals surface area contributed by atoms with Gasteiger partial charge in [0.05, 0.1) is 6.61 Å². The van der Waals surface area contributed by atoms with Crippen LogP contribution in [0.25, 0.3) is 0 Å². The van der Waals surface area contributed by atoms with Crippen molar-refractivity contribution in [2.24, 2.45) is 0 Å². The standard InChI is InChI=1S/C19H21ClO2/c1-2-18(15-7-4-3-5-8-15)19(21)16-9-11-17(12-10-16)22-14-6-13-20/h3-5,7-12,18H,2,6,13-14H2,1H3/t18-/m1/s1. The van der Waals surface area contributed by atoms with Crippen LogP contribution in [0, 0.1) is 0 Å². The van der Waals surface area contributed by atoms with Gasteiger partial charge in [-0.1, -0.05) is 37.3 Å². The van der Waals surface area contributed by atoms with Gasteiger partial charge in [0.2, 0.25) is 0 Å². The Balaban J connectivity index is 2.08. The summed E-state index contributed by atoms with van der Waals surface area (Å²) in [7, 11) is 0. The molecular formula is C19H21ClO2. The molecule has 0 saturated carbocycles. The summed E-state index contributed by atoms with van der Waals surface area (Å²) >= 11 is 5.62. The van der Waals surface area contributed by atoms with Crippen LogP contribution in [0.2, 0.25) is 0 Å². The SMILES string of the molecule is CC[C@@H](C(=O)c1ccc(OCCCCl)cc1)c1ccccc1. The van der Waals surface area contributed by atoms with E-state index in [0.717, 1.165) is 29.7 Å². The first-order valence-corrected chi connectivity index (χ1v) is 8.17. The van der Waals surface area contributed by atoms with E-state index in [0.29, 0.717) is 12.5 Å². The lowest BCUT2D eigenvalue weighted by atomic mass is 9.89. The highest BCUT2D eigenvalue weighted by Crippen LogP contribution is 2.25. The number of carbonyl (C=O) groups excluding carboxylic acids is 1. The summed E-state index contributed by atoms with van der Waals surface area (Å²) in [6, 6.07) is 17.3. The van der Waals surface area contributed by atoms with Crippen LogP contribution in [-0.2, 0) is 0 Å². The zero-order valence-corrected chi connectivity index (χ0v) is 13.6. The molecule has 0 radical (unpaired) electrons. The van der Waals surface area contributed by atoms with Crippen molar-refractivity contribution in [1.29, 1.82) is 0 Å². The second kappa shape index (κ2) is 8.60. The van der Waals surface area contributed by atoms with E-state index in [9.17, 15) is 4.79 Å². The molecule has 3 heteroatoms. The largest absolute Gasteiger partial charge is 0.494 e. The molecule has 0 spiro atoms. The molecule has 0 saturated heterocycles. The van der Waals surface area contributed by atoms with Gasteiger partial charge >= 0.3 is 0 Å². The van der Waals surface area contributed by atoms with Crippen molar-refractivity contribution in [3.05, 3.63) is 65.7 Å². The first-order chi connectivity index (χ1) is 10.8. The summed E-state index contributed by atoms with van der Waals surface area (Å²) in [5.74, 6) is 1.42. The average Bonchev–Trinajstić information content (AvgIpc) is 2.57. The van der Waals surface area contributed by atoms with E-state index < -0.39 is 0 Å². The summed E-state index contributed by atoms with van der Waals surface area (Å²) in [4.78, 5) is 12.7. The van der Waals surface area contributed by atoms with Crippen molar-refractivity contribution in [3.63, 3.8) is 0 Å². The molecule has 0 N–H and O–H groups in total. The predicted octanol–water partition coefficient (Wildman–Crippen LogP) is 5.07. The number of alkyl halides is 1. The number of halogens is 1. The van der Waals surface area contributed by atoms with E-state index >= 15 is 0 Å². The molecule has 0 amide bonds. The number of Topliss-reactive ketones (excluding diaryl/α,β-unsaturated/α-hetero) is 1. The Morgan fingerprint density at radius 1 is 1.09 bits per heavy atom. The zero-order valence-electron chi connectivity index (χ0n) is 12.8. The van der Waals surface area contributed by atoms with Crippen molar-refractivity contribution in [2.75, 3.05) is 12.5 Å². The first-order valence-electron chi connectivity index (χ1n) is 7.64. The van der Waals surface area contributed by atoms with Gasteiger partial charge in [-0.25, -0.2) is 0 Å². The lowest BCUT2D eigenvalue weighted by Gasteiger charge is -2.14. The van der Waals surface area contributed by atoms with Crippen LogP contribution in [0.3, 0.4) is 0 Å². The van der Waals surface area contributed by atoms with Gasteiger partial charge < -0.3 is 4.74 Å². The topological polar surface area (TPSA) is 26.3 Å². The van der Waals surface area contributed by atoms with Crippen molar-refractivity contribution in [3.8, 4) is 5.75 Å². The third kappa shape index (κ3) is 4.35. The Morgan fingerprint density at radius 2 is 1.77 bits per heavy atom. The average molecular weight is 317 g/mol. The highest BCUT2D eigenvalue weighted by Gasteiger charge is 2.19. The van der Waals surface area contributed by atoms with Gasteiger partial charge in [0.25, 0.3) is 0 Å². The molecule has 22 heavy (non-hydrogen) atoms. The van der Waals surface area contributed by atoms with E-state index in [1.54, 1.807) is 0 Å². The zero-order chi connectivity index (χ0) is 15.8. The highest BCUT2D eigenvalue weighted by molar-refractivity contribution is 6.17. The predicted molar refractivity (Wildman–Crippen MR) is 91.1 cm³/mol. The van der Waals surface area contributed by atoms with E-state index in [1.807, 2.05) is 61.5 Å². The number of ether oxygens (including phenoxy) is 1. The summed E-state index contributed by atoms with van der Waals surface area (Å²) in [6.07, 6.45) is 1.60. The third-order valence-electron chi connectivity index (χ3n) is 3.61. The fourth-order valence-electron chi connectivity index (χ4n) is 2.42. The summed E-state index contributed by atoms with van der Waals surface area (Å²) in [6.45, 7) is 2.64. The minimum atomic E-state index is -0.0933. The van der Waals surface area contributed by atoms with Crippen molar-refractivity contribution in [1.82, 2.24) is 0 Å². The normalized spacial score (nSPS) is 11.9. The van der Waals surface area contributed by atoms with Gasteiger partial charge in [-0.2, -0.15) is 0 Å². The molecule has 0 unspecified atom stereocenters. The van der Waals surface area contributed by atoms with Crippen LogP contribution in [0.4, 0.5) is 0 Å². The Labute approximate surface area is 137 Å². The molecule has 0 aliphatic heterocycles. The van der Waals surface area contributed by atoms with Gasteiger partial charge in [0, 0.05) is 17.4 Å². The number of hydrogen-bond donors (Lipinski definition) is 0. The van der Waals surface area contributed by atoms with Crippen LogP contribution in [0.15, 0.2) is 54.6 Å². The maximum atomic E-state index is 12.7. The van der Waals surface area contributed by atoms with E-state index in [-0.39, 0.29) is 11.7 Å². The number of hydrogen-bond acceptors (Lipinski definition) is 2. The lowest BCUT2D eigenvalue weighted by Crippen LogP contribution is -2.12. The lowest BCUT2D eigenvalue weighted by molar-refractivity contribution is 0.0957. The molecule has 0 aliphatic carbocycles. The van der Waals surface area contributed by atoms with Gasteiger partial charge in [-0.3, -0.25) is 4.79 Å². The number of benzene rings is 2. The number of carbonyl (C=O) groups is 1. The van der Waals surface area contributed by atoms with Gasteiger partial charge in [-0.15, -0.1) is 11.6 Å². The van der Waals surface area contributed by atoms with Crippen molar-refractivity contribution < 1.29 is 9.53 Å². The van der Waals surface area contributed by atoms with E-state index in [4.69, 9.17) is 16.3 Å². The minimum absolute atomic E-state index is 0.0933. The minimum Gasteiger partial charge on any atom is -0.494 e. The quantitative estimate of drug-likeness (QED) is 0.386. The molecule has 2 aromatic rings. The molecule has 2 aromatic carbocycles. The van der Waals surface area contributed by atoms with Crippen molar-refractivity contribution in [2.45, 2.75) is 25.7 Å². The van der Waals surface area contributed by atoms with Crippen LogP contribution < -0.4 is 4.74 Å². The molecular weight excluding hydrogens is 296 g/mol. The summed E-state index contributed by atoms with van der Waals surface area (Å²) in [5.41, 5.74) is 1.79. The number of ketones is 1. The molecule has 0 aromatic heterocycles. The molecule has 2 nitrogen and oxygen atoms in total. The van der Waals surface area contributed by atoms with Crippen LogP contribution in [0.5, 0.6) is 5.75 Å². The molecule has 0 fully saturated rings. The summed E-state index contributed by atoms with van der Waals surface area (Å²) in [5, 5.41) is 0. The van der Waals surface area contributed by atoms with Gasteiger partial charge in [-0.05, 0) is 42.7 Å². The molecule has 0 aliphatic rings. The van der Waals surface area contributed by atoms with Gasteiger partial charge in [0.15, 0.2) is 5.78 Å². The molecule has 116 valence electrons.